The molecule has 0 saturated carbocycles. The Balaban J connectivity index is 1.90. The van der Waals surface area contributed by atoms with Gasteiger partial charge in [0.15, 0.2) is 18.1 Å². The number of rotatable bonds is 7. The Morgan fingerprint density at radius 3 is 2.35 bits per heavy atom. The summed E-state index contributed by atoms with van der Waals surface area (Å²) in [7, 11) is 0. The van der Waals surface area contributed by atoms with E-state index in [1.54, 1.807) is 30.3 Å². The van der Waals surface area contributed by atoms with Crippen LogP contribution in [-0.2, 0) is 4.79 Å². The van der Waals surface area contributed by atoms with E-state index in [0.717, 1.165) is 6.42 Å². The molecule has 0 atom stereocenters. The van der Waals surface area contributed by atoms with Gasteiger partial charge in [-0.15, -0.1) is 0 Å². The van der Waals surface area contributed by atoms with E-state index >= 15 is 0 Å². The summed E-state index contributed by atoms with van der Waals surface area (Å²) < 4.78 is 11.1. The molecule has 1 N–H and O–H groups in total. The van der Waals surface area contributed by atoms with Gasteiger partial charge in [-0.1, -0.05) is 19.1 Å². The van der Waals surface area contributed by atoms with Gasteiger partial charge in [0.1, 0.15) is 0 Å². The highest BCUT2D eigenvalue weighted by Gasteiger charge is 2.08. The molecule has 0 aliphatic rings. The minimum Gasteiger partial charge on any atom is -0.490 e. The van der Waals surface area contributed by atoms with Crippen molar-refractivity contribution >= 4 is 11.6 Å². The third-order valence-corrected chi connectivity index (χ3v) is 2.97. The van der Waals surface area contributed by atoms with Crippen LogP contribution < -0.4 is 14.8 Å². The zero-order valence-corrected chi connectivity index (χ0v) is 12.9. The van der Waals surface area contributed by atoms with Gasteiger partial charge in [-0.2, -0.15) is 5.26 Å². The second-order valence-corrected chi connectivity index (χ2v) is 4.82. The number of carbonyl (C=O) groups excluding carboxylic acids is 1. The van der Waals surface area contributed by atoms with Crippen molar-refractivity contribution in [3.8, 4) is 17.6 Å². The van der Waals surface area contributed by atoms with Gasteiger partial charge in [-0.05, 0) is 42.8 Å². The smallest absolute Gasteiger partial charge is 0.262 e. The first-order chi connectivity index (χ1) is 11.2. The van der Waals surface area contributed by atoms with Crippen LogP contribution in [0.2, 0.25) is 0 Å². The molecule has 0 heterocycles. The Morgan fingerprint density at radius 1 is 1.09 bits per heavy atom. The van der Waals surface area contributed by atoms with Crippen molar-refractivity contribution in [3.05, 3.63) is 54.1 Å². The fraction of sp³-hybridized carbons (Fsp3) is 0.222. The predicted octanol–water partition coefficient (Wildman–Crippen LogP) is 3.36. The number of amides is 1. The number of ether oxygens (including phenoxy) is 2. The number of anilines is 1. The maximum Gasteiger partial charge on any atom is 0.262 e. The van der Waals surface area contributed by atoms with Gasteiger partial charge in [-0.3, -0.25) is 4.79 Å². The molecule has 1 amide bonds. The molecule has 0 unspecified atom stereocenters. The minimum atomic E-state index is -0.278. The molecule has 0 spiro atoms. The van der Waals surface area contributed by atoms with Crippen LogP contribution in [0.1, 0.15) is 18.9 Å². The maximum absolute atomic E-state index is 11.9. The van der Waals surface area contributed by atoms with Crippen LogP contribution in [0.4, 0.5) is 5.69 Å². The molecule has 118 valence electrons. The quantitative estimate of drug-likeness (QED) is 0.851. The van der Waals surface area contributed by atoms with Gasteiger partial charge in [0, 0.05) is 5.69 Å². The van der Waals surface area contributed by atoms with Gasteiger partial charge in [0.05, 0.1) is 18.2 Å². The minimum absolute atomic E-state index is 0.119. The van der Waals surface area contributed by atoms with Crippen molar-refractivity contribution in [1.82, 2.24) is 0 Å². The number of nitrogens with one attached hydrogen (secondary N) is 1. The molecule has 0 bridgehead atoms. The van der Waals surface area contributed by atoms with Gasteiger partial charge in [0.25, 0.3) is 5.91 Å². The molecule has 0 aliphatic heterocycles. The van der Waals surface area contributed by atoms with Crippen LogP contribution in [-0.4, -0.2) is 19.1 Å². The number of para-hydroxylation sites is 2. The van der Waals surface area contributed by atoms with Crippen LogP contribution >= 0.6 is 0 Å². The Kier molecular flexibility index (Phi) is 6.01. The molecule has 0 radical (unpaired) electrons. The lowest BCUT2D eigenvalue weighted by atomic mass is 10.2. The third kappa shape index (κ3) is 5.04. The van der Waals surface area contributed by atoms with Crippen molar-refractivity contribution in [2.75, 3.05) is 18.5 Å². The van der Waals surface area contributed by atoms with Crippen molar-refractivity contribution in [2.24, 2.45) is 0 Å². The molecule has 23 heavy (non-hydrogen) atoms. The second kappa shape index (κ2) is 8.44. The number of hydrogen-bond acceptors (Lipinski definition) is 4. The summed E-state index contributed by atoms with van der Waals surface area (Å²) in [5.41, 5.74) is 1.16. The summed E-state index contributed by atoms with van der Waals surface area (Å²) in [5.74, 6) is 0.886. The summed E-state index contributed by atoms with van der Waals surface area (Å²) in [6.45, 7) is 2.50. The summed E-state index contributed by atoms with van der Waals surface area (Å²) in [4.78, 5) is 11.9. The van der Waals surface area contributed by atoms with Gasteiger partial charge >= 0.3 is 0 Å². The number of hydrogen-bond donors (Lipinski definition) is 1. The van der Waals surface area contributed by atoms with Gasteiger partial charge < -0.3 is 14.8 Å². The summed E-state index contributed by atoms with van der Waals surface area (Å²) in [6.07, 6.45) is 0.896. The predicted molar refractivity (Wildman–Crippen MR) is 87.5 cm³/mol. The molecule has 0 aliphatic carbocycles. The Bertz CT molecular complexity index is 690. The Morgan fingerprint density at radius 2 is 1.74 bits per heavy atom. The Labute approximate surface area is 135 Å². The fourth-order valence-electron chi connectivity index (χ4n) is 1.87. The van der Waals surface area contributed by atoms with E-state index in [-0.39, 0.29) is 12.5 Å². The van der Waals surface area contributed by atoms with E-state index in [0.29, 0.717) is 29.4 Å². The lowest BCUT2D eigenvalue weighted by molar-refractivity contribution is -0.118. The average Bonchev–Trinajstić information content (AvgIpc) is 2.59. The number of nitrogens with zero attached hydrogens (tertiary/aromatic N) is 1. The first-order valence-electron chi connectivity index (χ1n) is 7.37. The normalized spacial score (nSPS) is 9.74. The van der Waals surface area contributed by atoms with E-state index in [1.165, 1.54) is 0 Å². The molecule has 2 aromatic rings. The van der Waals surface area contributed by atoms with Crippen molar-refractivity contribution < 1.29 is 14.3 Å². The topological polar surface area (TPSA) is 71.3 Å². The van der Waals surface area contributed by atoms with E-state index in [4.69, 9.17) is 14.7 Å². The molecule has 0 fully saturated rings. The highest BCUT2D eigenvalue weighted by Crippen LogP contribution is 2.26. The van der Waals surface area contributed by atoms with Crippen molar-refractivity contribution in [1.29, 1.82) is 5.26 Å². The molecule has 0 saturated heterocycles. The zero-order chi connectivity index (χ0) is 16.5. The molecule has 0 aromatic heterocycles. The standard InChI is InChI=1S/C18H18N2O3/c1-2-11-22-16-5-3-4-6-17(16)23-13-18(21)20-15-9-7-14(12-19)8-10-15/h3-10H,2,11,13H2,1H3,(H,20,21). The van der Waals surface area contributed by atoms with Gasteiger partial charge in [0.2, 0.25) is 0 Å². The van der Waals surface area contributed by atoms with E-state index in [2.05, 4.69) is 5.32 Å². The van der Waals surface area contributed by atoms with Crippen molar-refractivity contribution in [3.63, 3.8) is 0 Å². The van der Waals surface area contributed by atoms with Gasteiger partial charge in [-0.25, -0.2) is 0 Å². The lowest BCUT2D eigenvalue weighted by Gasteiger charge is -2.12. The summed E-state index contributed by atoms with van der Waals surface area (Å²) in [6, 6.07) is 15.9. The molecule has 5 heteroatoms. The monoisotopic (exact) mass is 310 g/mol. The fourth-order valence-corrected chi connectivity index (χ4v) is 1.87. The van der Waals surface area contributed by atoms with E-state index in [9.17, 15) is 4.79 Å². The number of benzene rings is 2. The maximum atomic E-state index is 11.9. The molecular formula is C18H18N2O3. The van der Waals surface area contributed by atoms with Crippen molar-refractivity contribution in [2.45, 2.75) is 13.3 Å². The van der Waals surface area contributed by atoms with Crippen LogP contribution in [0, 0.1) is 11.3 Å². The van der Waals surface area contributed by atoms with E-state index < -0.39 is 0 Å². The molecule has 2 aromatic carbocycles. The zero-order valence-electron chi connectivity index (χ0n) is 12.9. The van der Waals surface area contributed by atoms with Crippen LogP contribution in [0.15, 0.2) is 48.5 Å². The summed E-state index contributed by atoms with van der Waals surface area (Å²) in [5, 5.41) is 11.5. The summed E-state index contributed by atoms with van der Waals surface area (Å²) >= 11 is 0. The highest BCUT2D eigenvalue weighted by molar-refractivity contribution is 5.91. The first kappa shape index (κ1) is 16.4. The van der Waals surface area contributed by atoms with Crippen LogP contribution in [0.3, 0.4) is 0 Å². The second-order valence-electron chi connectivity index (χ2n) is 4.82. The average molecular weight is 310 g/mol. The lowest BCUT2D eigenvalue weighted by Crippen LogP contribution is -2.20. The molecular weight excluding hydrogens is 292 g/mol. The van der Waals surface area contributed by atoms with E-state index in [1.807, 2.05) is 31.2 Å². The SMILES string of the molecule is CCCOc1ccccc1OCC(=O)Nc1ccc(C#N)cc1. The number of nitriles is 1. The highest BCUT2D eigenvalue weighted by atomic mass is 16.5. The number of carbonyl (C=O) groups is 1. The third-order valence-electron chi connectivity index (χ3n) is 2.97. The Hall–Kier alpha value is -3.00. The van der Waals surface area contributed by atoms with Crippen LogP contribution in [0.5, 0.6) is 11.5 Å². The first-order valence-corrected chi connectivity index (χ1v) is 7.37. The largest absolute Gasteiger partial charge is 0.490 e. The molecule has 5 nitrogen and oxygen atoms in total. The molecule has 2 rings (SSSR count). The van der Waals surface area contributed by atoms with Crippen LogP contribution in [0.25, 0.3) is 0 Å².